The molecule has 1 aliphatic rings. The molecule has 1 heterocycles. The van der Waals surface area contributed by atoms with Gasteiger partial charge in [0.1, 0.15) is 11.2 Å². The number of hydrogen-bond donors (Lipinski definition) is 0. The van der Waals surface area contributed by atoms with E-state index < -0.39 is 0 Å². The van der Waals surface area contributed by atoms with Crippen molar-refractivity contribution >= 4 is 60.5 Å². The van der Waals surface area contributed by atoms with Crippen molar-refractivity contribution in [3.05, 3.63) is 188 Å². The van der Waals surface area contributed by atoms with Crippen LogP contribution in [0.2, 0.25) is 0 Å². The van der Waals surface area contributed by atoms with E-state index in [4.69, 9.17) is 4.42 Å². The second kappa shape index (κ2) is 12.3. The zero-order chi connectivity index (χ0) is 37.5. The van der Waals surface area contributed by atoms with Crippen LogP contribution in [0.25, 0.3) is 88.0 Å². The van der Waals surface area contributed by atoms with Crippen LogP contribution in [0.1, 0.15) is 26.3 Å². The highest BCUT2D eigenvalue weighted by molar-refractivity contribution is 6.29. The van der Waals surface area contributed by atoms with Gasteiger partial charge in [-0.05, 0) is 102 Å². The van der Waals surface area contributed by atoms with Crippen molar-refractivity contribution in [2.24, 2.45) is 0 Å². The van der Waals surface area contributed by atoms with E-state index in [2.05, 4.69) is 208 Å². The number of nitrogens with zero attached hydrogens (tertiary/aromatic N) is 1. The van der Waals surface area contributed by atoms with Gasteiger partial charge in [0.15, 0.2) is 0 Å². The summed E-state index contributed by atoms with van der Waals surface area (Å²) in [5.74, 6) is 0. The molecule has 0 aliphatic heterocycles. The highest BCUT2D eigenvalue weighted by Gasteiger charge is 2.32. The highest BCUT2D eigenvalue weighted by atomic mass is 16.3. The Bertz CT molecular complexity index is 3160. The fourth-order valence-corrected chi connectivity index (χ4v) is 9.20. The molecule has 9 aromatic carbocycles. The third-order valence-corrected chi connectivity index (χ3v) is 11.8. The van der Waals surface area contributed by atoms with Crippen molar-refractivity contribution < 1.29 is 4.42 Å². The van der Waals surface area contributed by atoms with Gasteiger partial charge in [-0.25, -0.2) is 0 Å². The van der Waals surface area contributed by atoms with E-state index in [1.807, 2.05) is 0 Å². The average Bonchev–Trinajstić information content (AvgIpc) is 3.63. The average molecular weight is 718 g/mol. The van der Waals surface area contributed by atoms with Crippen LogP contribution in [0, 0.1) is 0 Å². The maximum absolute atomic E-state index is 7.27. The normalized spacial score (nSPS) is 12.2. The maximum atomic E-state index is 7.27. The Morgan fingerprint density at radius 1 is 0.393 bits per heavy atom. The van der Waals surface area contributed by atoms with Crippen LogP contribution in [-0.4, -0.2) is 0 Å². The predicted molar refractivity (Wildman–Crippen MR) is 237 cm³/mol. The van der Waals surface area contributed by atoms with Crippen molar-refractivity contribution in [2.75, 3.05) is 4.90 Å². The first-order valence-corrected chi connectivity index (χ1v) is 19.5. The quantitative estimate of drug-likeness (QED) is 0.169. The lowest BCUT2D eigenvalue weighted by atomic mass is 9.76. The number of rotatable bonds is 3. The molecular formula is C54H39NO. The Balaban J connectivity index is 1.37. The van der Waals surface area contributed by atoms with Gasteiger partial charge in [0.2, 0.25) is 0 Å². The summed E-state index contributed by atoms with van der Waals surface area (Å²) in [6, 6.07) is 66.6. The molecule has 0 radical (unpaired) electrons. The van der Waals surface area contributed by atoms with E-state index in [0.29, 0.717) is 0 Å². The van der Waals surface area contributed by atoms with Gasteiger partial charge in [-0.1, -0.05) is 166 Å². The first kappa shape index (κ1) is 32.5. The van der Waals surface area contributed by atoms with Crippen LogP contribution in [0.15, 0.2) is 186 Å². The van der Waals surface area contributed by atoms with Gasteiger partial charge >= 0.3 is 0 Å². The molecule has 0 spiro atoms. The number of furan rings is 1. The molecule has 11 rings (SSSR count). The summed E-state index contributed by atoms with van der Waals surface area (Å²) in [5, 5.41) is 7.12. The van der Waals surface area contributed by atoms with E-state index in [9.17, 15) is 0 Å². The molecule has 266 valence electrons. The third-order valence-electron chi connectivity index (χ3n) is 11.8. The van der Waals surface area contributed by atoms with E-state index in [1.54, 1.807) is 0 Å². The van der Waals surface area contributed by atoms with Crippen LogP contribution < -0.4 is 4.90 Å². The SMILES string of the molecule is CC(C)(C)c1ccc(N(c2ccccc2)c2cc3c(c4oc5ccccc5c24)-c2c(c4ccccc4c4ccccc24)-c2ccccc2-c2ccccc2-3)cc1. The van der Waals surface area contributed by atoms with Gasteiger partial charge in [0, 0.05) is 27.9 Å². The molecule has 2 heteroatoms. The lowest BCUT2D eigenvalue weighted by molar-refractivity contribution is 0.590. The minimum Gasteiger partial charge on any atom is -0.455 e. The van der Waals surface area contributed by atoms with Crippen molar-refractivity contribution in [1.29, 1.82) is 0 Å². The Labute approximate surface area is 326 Å². The molecule has 0 unspecified atom stereocenters. The molecule has 0 fully saturated rings. The van der Waals surface area contributed by atoms with Crippen molar-refractivity contribution in [3.8, 4) is 44.5 Å². The maximum Gasteiger partial charge on any atom is 0.146 e. The van der Waals surface area contributed by atoms with Crippen molar-refractivity contribution in [3.63, 3.8) is 0 Å². The Morgan fingerprint density at radius 2 is 0.875 bits per heavy atom. The lowest BCUT2D eigenvalue weighted by Gasteiger charge is -2.30. The van der Waals surface area contributed by atoms with E-state index in [1.165, 1.54) is 60.5 Å². The topological polar surface area (TPSA) is 16.4 Å². The largest absolute Gasteiger partial charge is 0.455 e. The summed E-state index contributed by atoms with van der Waals surface area (Å²) in [6.07, 6.45) is 0. The fraction of sp³-hybridized carbons (Fsp3) is 0.0741. The monoisotopic (exact) mass is 717 g/mol. The highest BCUT2D eigenvalue weighted by Crippen LogP contribution is 2.57. The van der Waals surface area contributed by atoms with Crippen molar-refractivity contribution in [1.82, 2.24) is 0 Å². The number of fused-ring (bicyclic) bond motifs is 17. The molecule has 0 saturated heterocycles. The summed E-state index contributed by atoms with van der Waals surface area (Å²) >= 11 is 0. The number of anilines is 3. The van der Waals surface area contributed by atoms with Crippen LogP contribution in [-0.2, 0) is 5.41 Å². The summed E-state index contributed by atoms with van der Waals surface area (Å²) in [5.41, 5.74) is 15.9. The smallest absolute Gasteiger partial charge is 0.146 e. The van der Waals surface area contributed by atoms with Crippen LogP contribution in [0.4, 0.5) is 17.1 Å². The molecule has 1 aromatic heterocycles. The number of para-hydroxylation sites is 2. The van der Waals surface area contributed by atoms with Gasteiger partial charge in [0.25, 0.3) is 0 Å². The molecule has 0 amide bonds. The van der Waals surface area contributed by atoms with E-state index in [-0.39, 0.29) is 5.41 Å². The molecule has 10 aromatic rings. The Hall–Kier alpha value is -6.90. The zero-order valence-electron chi connectivity index (χ0n) is 31.7. The minimum absolute atomic E-state index is 0.0348. The Kier molecular flexibility index (Phi) is 7.15. The van der Waals surface area contributed by atoms with Crippen LogP contribution in [0.5, 0.6) is 0 Å². The first-order valence-electron chi connectivity index (χ1n) is 19.5. The standard InChI is InChI=1S/C54H39NO/c1-54(2,3)34-29-31-36(32-30-34)55(35-17-5-4-6-18-35)47-33-46-41-23-8-7-19-37(41)38-20-9-12-24-42(38)49-43-25-13-10-21-39(43)40-22-11-14-26-44(40)51(49)52(46)53-50(47)45-27-15-16-28-48(45)56-53/h4-33H,1-3H3. The minimum atomic E-state index is 0.0348. The summed E-state index contributed by atoms with van der Waals surface area (Å²) in [7, 11) is 0. The van der Waals surface area contributed by atoms with Gasteiger partial charge in [-0.3, -0.25) is 0 Å². The zero-order valence-corrected chi connectivity index (χ0v) is 31.7. The van der Waals surface area contributed by atoms with Crippen LogP contribution in [0.3, 0.4) is 0 Å². The van der Waals surface area contributed by atoms with E-state index in [0.717, 1.165) is 50.1 Å². The Morgan fingerprint density at radius 3 is 1.52 bits per heavy atom. The third kappa shape index (κ3) is 4.82. The lowest BCUT2D eigenvalue weighted by Crippen LogP contribution is -2.13. The summed E-state index contributed by atoms with van der Waals surface area (Å²) in [4.78, 5) is 2.42. The molecule has 0 saturated carbocycles. The van der Waals surface area contributed by atoms with E-state index >= 15 is 0 Å². The summed E-state index contributed by atoms with van der Waals surface area (Å²) in [6.45, 7) is 6.81. The number of hydrogen-bond acceptors (Lipinski definition) is 2. The second-order valence-electron chi connectivity index (χ2n) is 16.0. The molecule has 56 heavy (non-hydrogen) atoms. The molecule has 2 nitrogen and oxygen atoms in total. The molecule has 0 N–H and O–H groups in total. The molecule has 0 atom stereocenters. The second-order valence-corrected chi connectivity index (χ2v) is 16.0. The molecule has 1 aliphatic carbocycles. The fourth-order valence-electron chi connectivity index (χ4n) is 9.20. The van der Waals surface area contributed by atoms with Gasteiger partial charge < -0.3 is 9.32 Å². The summed E-state index contributed by atoms with van der Waals surface area (Å²) < 4.78 is 7.27. The van der Waals surface area contributed by atoms with Gasteiger partial charge in [-0.2, -0.15) is 0 Å². The number of benzene rings is 9. The van der Waals surface area contributed by atoms with Crippen molar-refractivity contribution in [2.45, 2.75) is 26.2 Å². The van der Waals surface area contributed by atoms with Crippen LogP contribution >= 0.6 is 0 Å². The molecular weight excluding hydrogens is 679 g/mol. The molecule has 0 bridgehead atoms. The first-order chi connectivity index (χ1) is 27.5. The predicted octanol–water partition coefficient (Wildman–Crippen LogP) is 15.6. The van der Waals surface area contributed by atoms with Gasteiger partial charge in [-0.15, -0.1) is 0 Å². The van der Waals surface area contributed by atoms with Gasteiger partial charge in [0.05, 0.1) is 11.1 Å².